The second-order valence-electron chi connectivity index (χ2n) is 8.03. The number of aromatic amines is 1. The molecule has 3 aromatic carbocycles. The van der Waals surface area contributed by atoms with E-state index in [4.69, 9.17) is 33.7 Å². The van der Waals surface area contributed by atoms with E-state index in [0.29, 0.717) is 46.5 Å². The monoisotopic (exact) mass is 492 g/mol. The quantitative estimate of drug-likeness (QED) is 0.301. The van der Waals surface area contributed by atoms with Gasteiger partial charge in [0.05, 0.1) is 26.6 Å². The van der Waals surface area contributed by atoms with Crippen molar-refractivity contribution in [3.63, 3.8) is 0 Å². The number of nitrogens with two attached hydrogens (primary N) is 1. The average Bonchev–Trinajstić information content (AvgIpc) is 3.20. The number of aryl methyl sites for hydroxylation is 1. The molecule has 0 saturated heterocycles. The molecule has 0 aliphatic rings. The van der Waals surface area contributed by atoms with Crippen molar-refractivity contribution in [3.8, 4) is 17.0 Å². The Morgan fingerprint density at radius 1 is 1.03 bits per heavy atom. The number of ether oxygens (including phenoxy) is 1. The summed E-state index contributed by atoms with van der Waals surface area (Å²) in [5.74, 6) is 0.747. The van der Waals surface area contributed by atoms with E-state index in [9.17, 15) is 4.79 Å². The number of rotatable bonds is 7. The van der Waals surface area contributed by atoms with Crippen LogP contribution in [-0.2, 0) is 13.2 Å². The van der Waals surface area contributed by atoms with E-state index in [-0.39, 0.29) is 5.56 Å². The standard InChI is InChI=1S/C26H22Cl2N4O2/c27-20-12-22-23(13-21(20)28)31-26(33)25(30-22)19-14-32(10-4-9-29)24-11-17(7-8-18(19)24)34-15-16-5-2-1-3-6-16/h1-3,5-8,11-14H,4,9-10,15,29H2,(H,31,33). The van der Waals surface area contributed by atoms with Crippen LogP contribution in [0.2, 0.25) is 10.0 Å². The van der Waals surface area contributed by atoms with Crippen LogP contribution in [0, 0.1) is 0 Å². The van der Waals surface area contributed by atoms with Crippen LogP contribution in [0.4, 0.5) is 0 Å². The number of halogens is 2. The van der Waals surface area contributed by atoms with Gasteiger partial charge in [-0.3, -0.25) is 4.79 Å². The predicted molar refractivity (Wildman–Crippen MR) is 138 cm³/mol. The molecule has 172 valence electrons. The van der Waals surface area contributed by atoms with E-state index in [2.05, 4.69) is 14.5 Å². The van der Waals surface area contributed by atoms with Crippen LogP contribution in [-0.4, -0.2) is 21.1 Å². The first-order chi connectivity index (χ1) is 16.5. The molecule has 2 aromatic heterocycles. The molecule has 0 unspecified atom stereocenters. The SMILES string of the molecule is NCCCn1cc(-c2nc3cc(Cl)c(Cl)cc3[nH]c2=O)c2ccc(OCc3ccccc3)cc21. The van der Waals surface area contributed by atoms with Gasteiger partial charge in [0.1, 0.15) is 18.1 Å². The van der Waals surface area contributed by atoms with Gasteiger partial charge in [-0.25, -0.2) is 4.98 Å². The number of aromatic nitrogens is 3. The Morgan fingerprint density at radius 2 is 1.82 bits per heavy atom. The molecule has 0 spiro atoms. The molecule has 0 aliphatic heterocycles. The average molecular weight is 493 g/mol. The molecule has 0 aliphatic carbocycles. The van der Waals surface area contributed by atoms with Gasteiger partial charge in [-0.15, -0.1) is 0 Å². The normalized spacial score (nSPS) is 11.4. The summed E-state index contributed by atoms with van der Waals surface area (Å²) < 4.78 is 8.12. The minimum atomic E-state index is -0.298. The van der Waals surface area contributed by atoms with E-state index >= 15 is 0 Å². The number of nitrogens with one attached hydrogen (secondary N) is 1. The van der Waals surface area contributed by atoms with E-state index in [0.717, 1.165) is 34.2 Å². The molecule has 5 aromatic rings. The smallest absolute Gasteiger partial charge is 0.275 e. The minimum absolute atomic E-state index is 0.298. The van der Waals surface area contributed by atoms with Crippen molar-refractivity contribution in [1.29, 1.82) is 0 Å². The molecule has 2 heterocycles. The van der Waals surface area contributed by atoms with Crippen molar-refractivity contribution in [2.75, 3.05) is 6.54 Å². The number of nitrogens with zero attached hydrogens (tertiary/aromatic N) is 2. The van der Waals surface area contributed by atoms with Gasteiger partial charge in [0, 0.05) is 29.8 Å². The Bertz CT molecular complexity index is 1540. The second-order valence-corrected chi connectivity index (χ2v) is 8.84. The lowest BCUT2D eigenvalue weighted by atomic mass is 10.1. The fourth-order valence-corrected chi connectivity index (χ4v) is 4.32. The highest BCUT2D eigenvalue weighted by atomic mass is 35.5. The van der Waals surface area contributed by atoms with E-state index in [1.54, 1.807) is 12.1 Å². The fourth-order valence-electron chi connectivity index (χ4n) is 4.00. The summed E-state index contributed by atoms with van der Waals surface area (Å²) in [4.78, 5) is 20.5. The van der Waals surface area contributed by atoms with Gasteiger partial charge in [0.25, 0.3) is 5.56 Å². The molecule has 6 nitrogen and oxygen atoms in total. The van der Waals surface area contributed by atoms with Crippen LogP contribution in [0.5, 0.6) is 5.75 Å². The van der Waals surface area contributed by atoms with E-state index in [1.165, 1.54) is 0 Å². The molecule has 0 saturated carbocycles. The van der Waals surface area contributed by atoms with Gasteiger partial charge >= 0.3 is 0 Å². The maximum atomic E-state index is 13.0. The molecule has 0 atom stereocenters. The lowest BCUT2D eigenvalue weighted by molar-refractivity contribution is 0.306. The van der Waals surface area contributed by atoms with E-state index < -0.39 is 0 Å². The van der Waals surface area contributed by atoms with Crippen molar-refractivity contribution in [1.82, 2.24) is 14.5 Å². The highest BCUT2D eigenvalue weighted by Crippen LogP contribution is 2.33. The first-order valence-corrected chi connectivity index (χ1v) is 11.7. The summed E-state index contributed by atoms with van der Waals surface area (Å²) in [7, 11) is 0. The highest BCUT2D eigenvalue weighted by molar-refractivity contribution is 6.42. The van der Waals surface area contributed by atoms with Crippen molar-refractivity contribution < 1.29 is 4.74 Å². The molecule has 3 N–H and O–H groups in total. The summed E-state index contributed by atoms with van der Waals surface area (Å²) in [6.07, 6.45) is 2.75. The molecular formula is C26H22Cl2N4O2. The summed E-state index contributed by atoms with van der Waals surface area (Å²) in [5, 5.41) is 1.65. The zero-order chi connectivity index (χ0) is 23.7. The summed E-state index contributed by atoms with van der Waals surface area (Å²) in [6, 6.07) is 19.1. The molecule has 8 heteroatoms. The molecule has 34 heavy (non-hydrogen) atoms. The van der Waals surface area contributed by atoms with Crippen LogP contribution >= 0.6 is 23.2 Å². The molecule has 0 bridgehead atoms. The Hall–Kier alpha value is -3.32. The topological polar surface area (TPSA) is 85.9 Å². The van der Waals surface area contributed by atoms with Crippen molar-refractivity contribution in [2.24, 2.45) is 5.73 Å². The summed E-state index contributed by atoms with van der Waals surface area (Å²) in [6.45, 7) is 1.74. The minimum Gasteiger partial charge on any atom is -0.489 e. The highest BCUT2D eigenvalue weighted by Gasteiger charge is 2.17. The number of H-pyrrole nitrogens is 1. The van der Waals surface area contributed by atoms with Gasteiger partial charge < -0.3 is 20.0 Å². The number of benzene rings is 3. The van der Waals surface area contributed by atoms with Crippen molar-refractivity contribution in [3.05, 3.63) is 92.8 Å². The third-order valence-electron chi connectivity index (χ3n) is 5.69. The lowest BCUT2D eigenvalue weighted by Crippen LogP contribution is -2.11. The Labute approximate surface area is 205 Å². The first kappa shape index (κ1) is 22.5. The van der Waals surface area contributed by atoms with Crippen molar-refractivity contribution in [2.45, 2.75) is 19.6 Å². The molecule has 5 rings (SSSR count). The largest absolute Gasteiger partial charge is 0.489 e. The van der Waals surface area contributed by atoms with Crippen LogP contribution < -0.4 is 16.0 Å². The maximum Gasteiger partial charge on any atom is 0.275 e. The lowest BCUT2D eigenvalue weighted by Gasteiger charge is -2.08. The van der Waals surface area contributed by atoms with Gasteiger partial charge in [0.2, 0.25) is 0 Å². The fraction of sp³-hybridized carbons (Fsp3) is 0.154. The van der Waals surface area contributed by atoms with E-state index in [1.807, 2.05) is 54.7 Å². The zero-order valence-corrected chi connectivity index (χ0v) is 19.7. The van der Waals surface area contributed by atoms with Gasteiger partial charge in [0.15, 0.2) is 0 Å². The van der Waals surface area contributed by atoms with Crippen LogP contribution in [0.3, 0.4) is 0 Å². The molecule has 0 amide bonds. The van der Waals surface area contributed by atoms with Crippen LogP contribution in [0.25, 0.3) is 33.2 Å². The second kappa shape index (κ2) is 9.50. The van der Waals surface area contributed by atoms with Gasteiger partial charge in [-0.1, -0.05) is 53.5 Å². The third-order valence-corrected chi connectivity index (χ3v) is 6.42. The first-order valence-electron chi connectivity index (χ1n) is 10.9. The Balaban J connectivity index is 1.59. The maximum absolute atomic E-state index is 13.0. The molecular weight excluding hydrogens is 471 g/mol. The molecule has 0 radical (unpaired) electrons. The summed E-state index contributed by atoms with van der Waals surface area (Å²) >= 11 is 12.3. The number of fused-ring (bicyclic) bond motifs is 2. The zero-order valence-electron chi connectivity index (χ0n) is 18.2. The Morgan fingerprint density at radius 3 is 2.62 bits per heavy atom. The van der Waals surface area contributed by atoms with Crippen LogP contribution in [0.15, 0.2) is 71.7 Å². The number of hydrogen-bond acceptors (Lipinski definition) is 4. The van der Waals surface area contributed by atoms with Gasteiger partial charge in [-0.05, 0) is 42.8 Å². The predicted octanol–water partition coefficient (Wildman–Crippen LogP) is 5.78. The summed E-state index contributed by atoms with van der Waals surface area (Å²) in [5.41, 5.74) is 9.66. The van der Waals surface area contributed by atoms with Crippen molar-refractivity contribution >= 4 is 45.1 Å². The molecule has 0 fully saturated rings. The van der Waals surface area contributed by atoms with Crippen LogP contribution in [0.1, 0.15) is 12.0 Å². The Kier molecular flexibility index (Phi) is 6.28. The third kappa shape index (κ3) is 4.40. The number of hydrogen-bond donors (Lipinski definition) is 2. The van der Waals surface area contributed by atoms with Gasteiger partial charge in [-0.2, -0.15) is 0 Å².